The van der Waals surface area contributed by atoms with Gasteiger partial charge in [0.25, 0.3) is 0 Å². The molecule has 0 saturated carbocycles. The third-order valence-electron chi connectivity index (χ3n) is 1.84. The van der Waals surface area contributed by atoms with Crippen LogP contribution in [0.25, 0.3) is 0 Å². The fourth-order valence-corrected chi connectivity index (χ4v) is 1.22. The summed E-state index contributed by atoms with van der Waals surface area (Å²) in [5, 5.41) is 0. The van der Waals surface area contributed by atoms with Gasteiger partial charge in [-0.05, 0) is 37.1 Å². The molecule has 0 saturated heterocycles. The number of ether oxygens (including phenoxy) is 1. The van der Waals surface area contributed by atoms with Crippen molar-refractivity contribution in [2.75, 3.05) is 13.7 Å². The number of rotatable bonds is 5. The Morgan fingerprint density at radius 1 is 1.54 bits per heavy atom. The first-order chi connectivity index (χ1) is 6.36. The SMILES string of the molecule is COCc1cc(CCCN)ccn1. The minimum Gasteiger partial charge on any atom is -0.378 e. The largest absolute Gasteiger partial charge is 0.378 e. The summed E-state index contributed by atoms with van der Waals surface area (Å²) in [6, 6.07) is 4.09. The lowest BCUT2D eigenvalue weighted by Crippen LogP contribution is -2.01. The van der Waals surface area contributed by atoms with Crippen molar-refractivity contribution in [3.63, 3.8) is 0 Å². The fraction of sp³-hybridized carbons (Fsp3) is 0.500. The van der Waals surface area contributed by atoms with E-state index in [0.717, 1.165) is 25.1 Å². The number of hydrogen-bond donors (Lipinski definition) is 1. The molecule has 1 aromatic rings. The van der Waals surface area contributed by atoms with Gasteiger partial charge >= 0.3 is 0 Å². The Balaban J connectivity index is 2.56. The topological polar surface area (TPSA) is 48.1 Å². The number of pyridine rings is 1. The van der Waals surface area contributed by atoms with Crippen molar-refractivity contribution in [1.29, 1.82) is 0 Å². The van der Waals surface area contributed by atoms with Gasteiger partial charge in [0, 0.05) is 13.3 Å². The van der Waals surface area contributed by atoms with Crippen LogP contribution >= 0.6 is 0 Å². The molecule has 1 rings (SSSR count). The zero-order valence-electron chi connectivity index (χ0n) is 7.99. The van der Waals surface area contributed by atoms with E-state index in [0.29, 0.717) is 6.61 Å². The van der Waals surface area contributed by atoms with Crippen molar-refractivity contribution >= 4 is 0 Å². The van der Waals surface area contributed by atoms with Gasteiger partial charge in [0.05, 0.1) is 12.3 Å². The van der Waals surface area contributed by atoms with E-state index in [-0.39, 0.29) is 0 Å². The monoisotopic (exact) mass is 180 g/mol. The minimum atomic E-state index is 0.580. The molecule has 3 heteroatoms. The van der Waals surface area contributed by atoms with Gasteiger partial charge in [-0.25, -0.2) is 0 Å². The zero-order chi connectivity index (χ0) is 9.52. The molecule has 2 N–H and O–H groups in total. The van der Waals surface area contributed by atoms with Gasteiger partial charge in [-0.1, -0.05) is 0 Å². The summed E-state index contributed by atoms with van der Waals surface area (Å²) >= 11 is 0. The average Bonchev–Trinajstić information content (AvgIpc) is 2.16. The summed E-state index contributed by atoms with van der Waals surface area (Å²) in [5.74, 6) is 0. The maximum absolute atomic E-state index is 5.43. The number of aromatic nitrogens is 1. The maximum atomic E-state index is 5.43. The molecule has 0 aromatic carbocycles. The van der Waals surface area contributed by atoms with Crippen LogP contribution in [0.1, 0.15) is 17.7 Å². The quantitative estimate of drug-likeness (QED) is 0.738. The van der Waals surface area contributed by atoms with Crippen LogP contribution in [0.4, 0.5) is 0 Å². The first kappa shape index (κ1) is 10.2. The van der Waals surface area contributed by atoms with E-state index < -0.39 is 0 Å². The Morgan fingerprint density at radius 2 is 2.38 bits per heavy atom. The summed E-state index contributed by atoms with van der Waals surface area (Å²) in [5.41, 5.74) is 7.70. The minimum absolute atomic E-state index is 0.580. The van der Waals surface area contributed by atoms with E-state index in [1.54, 1.807) is 7.11 Å². The van der Waals surface area contributed by atoms with E-state index in [1.165, 1.54) is 5.56 Å². The van der Waals surface area contributed by atoms with Gasteiger partial charge in [-0.15, -0.1) is 0 Å². The number of aryl methyl sites for hydroxylation is 1. The summed E-state index contributed by atoms with van der Waals surface area (Å²) in [7, 11) is 1.67. The van der Waals surface area contributed by atoms with Crippen molar-refractivity contribution in [2.24, 2.45) is 5.73 Å². The van der Waals surface area contributed by atoms with Crippen molar-refractivity contribution in [3.05, 3.63) is 29.6 Å². The molecular formula is C10H16N2O. The number of hydrogen-bond acceptors (Lipinski definition) is 3. The second-order valence-electron chi connectivity index (χ2n) is 2.98. The fourth-order valence-electron chi connectivity index (χ4n) is 1.22. The van der Waals surface area contributed by atoms with Crippen LogP contribution in [0.5, 0.6) is 0 Å². The molecule has 13 heavy (non-hydrogen) atoms. The highest BCUT2D eigenvalue weighted by molar-refractivity contribution is 5.16. The number of nitrogens with two attached hydrogens (primary N) is 1. The Hall–Kier alpha value is -0.930. The van der Waals surface area contributed by atoms with E-state index in [2.05, 4.69) is 11.1 Å². The van der Waals surface area contributed by atoms with Crippen molar-refractivity contribution in [3.8, 4) is 0 Å². The van der Waals surface area contributed by atoms with E-state index in [4.69, 9.17) is 10.5 Å². The van der Waals surface area contributed by atoms with Crippen LogP contribution in [0.3, 0.4) is 0 Å². The third-order valence-corrected chi connectivity index (χ3v) is 1.84. The molecule has 0 amide bonds. The highest BCUT2D eigenvalue weighted by Crippen LogP contribution is 2.05. The highest BCUT2D eigenvalue weighted by atomic mass is 16.5. The van der Waals surface area contributed by atoms with Crippen molar-refractivity contribution < 1.29 is 4.74 Å². The lowest BCUT2D eigenvalue weighted by Gasteiger charge is -2.02. The Labute approximate surface area is 78.9 Å². The van der Waals surface area contributed by atoms with Crippen LogP contribution in [0.2, 0.25) is 0 Å². The van der Waals surface area contributed by atoms with Gasteiger partial charge < -0.3 is 10.5 Å². The van der Waals surface area contributed by atoms with Gasteiger partial charge in [-0.3, -0.25) is 4.98 Å². The molecule has 0 aliphatic rings. The van der Waals surface area contributed by atoms with Crippen LogP contribution in [0, 0.1) is 0 Å². The van der Waals surface area contributed by atoms with Gasteiger partial charge in [0.15, 0.2) is 0 Å². The zero-order valence-corrected chi connectivity index (χ0v) is 7.99. The van der Waals surface area contributed by atoms with Gasteiger partial charge in [0.2, 0.25) is 0 Å². The Morgan fingerprint density at radius 3 is 3.08 bits per heavy atom. The number of nitrogens with zero attached hydrogens (tertiary/aromatic N) is 1. The smallest absolute Gasteiger partial charge is 0.0884 e. The van der Waals surface area contributed by atoms with Crippen LogP contribution in [-0.4, -0.2) is 18.6 Å². The molecule has 3 nitrogen and oxygen atoms in total. The van der Waals surface area contributed by atoms with E-state index in [1.807, 2.05) is 12.3 Å². The molecular weight excluding hydrogens is 164 g/mol. The van der Waals surface area contributed by atoms with E-state index >= 15 is 0 Å². The molecule has 1 aromatic heterocycles. The normalized spacial score (nSPS) is 10.3. The summed E-state index contributed by atoms with van der Waals surface area (Å²) < 4.78 is 5.00. The lowest BCUT2D eigenvalue weighted by molar-refractivity contribution is 0.181. The molecule has 1 heterocycles. The third kappa shape index (κ3) is 3.53. The van der Waals surface area contributed by atoms with Gasteiger partial charge in [0.1, 0.15) is 0 Å². The van der Waals surface area contributed by atoms with Crippen LogP contribution < -0.4 is 5.73 Å². The van der Waals surface area contributed by atoms with Crippen molar-refractivity contribution in [1.82, 2.24) is 4.98 Å². The van der Waals surface area contributed by atoms with Gasteiger partial charge in [-0.2, -0.15) is 0 Å². The Bertz CT molecular complexity index is 250. The van der Waals surface area contributed by atoms with Crippen LogP contribution in [0.15, 0.2) is 18.3 Å². The standard InChI is InChI=1S/C10H16N2O/c1-13-8-10-7-9(3-2-5-11)4-6-12-10/h4,6-7H,2-3,5,8,11H2,1H3. The lowest BCUT2D eigenvalue weighted by atomic mass is 10.1. The first-order valence-corrected chi connectivity index (χ1v) is 4.49. The number of methoxy groups -OCH3 is 1. The highest BCUT2D eigenvalue weighted by Gasteiger charge is 1.96. The summed E-state index contributed by atoms with van der Waals surface area (Å²) in [6.07, 6.45) is 3.87. The predicted octanol–water partition coefficient (Wildman–Crippen LogP) is 1.12. The molecule has 0 radical (unpaired) electrons. The van der Waals surface area contributed by atoms with Crippen molar-refractivity contribution in [2.45, 2.75) is 19.4 Å². The Kier molecular flexibility index (Phi) is 4.43. The molecule has 72 valence electrons. The van der Waals surface area contributed by atoms with E-state index in [9.17, 15) is 0 Å². The summed E-state index contributed by atoms with van der Waals surface area (Å²) in [4.78, 5) is 4.18. The second-order valence-corrected chi connectivity index (χ2v) is 2.98. The predicted molar refractivity (Wildman–Crippen MR) is 52.3 cm³/mol. The molecule has 0 spiro atoms. The molecule has 0 aliphatic heterocycles. The average molecular weight is 180 g/mol. The molecule has 0 aliphatic carbocycles. The molecule has 0 fully saturated rings. The van der Waals surface area contributed by atoms with Crippen LogP contribution in [-0.2, 0) is 17.8 Å². The molecule has 0 bridgehead atoms. The molecule has 0 atom stereocenters. The maximum Gasteiger partial charge on any atom is 0.0884 e. The summed E-state index contributed by atoms with van der Waals surface area (Å²) in [6.45, 7) is 1.32. The molecule has 0 unspecified atom stereocenters. The first-order valence-electron chi connectivity index (χ1n) is 4.49. The second kappa shape index (κ2) is 5.67.